The second-order valence-corrected chi connectivity index (χ2v) is 11.0. The van der Waals surface area contributed by atoms with E-state index in [2.05, 4.69) is 35.4 Å². The van der Waals surface area contributed by atoms with Crippen molar-refractivity contribution in [1.82, 2.24) is 10.2 Å². The summed E-state index contributed by atoms with van der Waals surface area (Å²) in [4.78, 5) is 28.8. The van der Waals surface area contributed by atoms with E-state index in [0.29, 0.717) is 24.5 Å². The van der Waals surface area contributed by atoms with Gasteiger partial charge in [-0.15, -0.1) is 0 Å². The third kappa shape index (κ3) is 4.03. The molecule has 2 aromatic carbocycles. The first kappa shape index (κ1) is 24.2. The van der Waals surface area contributed by atoms with Crippen LogP contribution in [0.5, 0.6) is 0 Å². The predicted octanol–water partition coefficient (Wildman–Crippen LogP) is 4.33. The Labute approximate surface area is 210 Å². The van der Waals surface area contributed by atoms with Crippen LogP contribution in [0.3, 0.4) is 0 Å². The molecule has 5 rings (SSSR count). The summed E-state index contributed by atoms with van der Waals surface area (Å²) >= 11 is 5.94. The molecule has 2 amide bonds. The maximum Gasteiger partial charge on any atom is 0.253 e. The molecule has 186 valence electrons. The van der Waals surface area contributed by atoms with Crippen molar-refractivity contribution in [1.29, 1.82) is 0 Å². The number of anilines is 1. The molecule has 35 heavy (non-hydrogen) atoms. The SMILES string of the molecule is CNC(=O)c1cc(Cl)c(F)cc1NC(=O)C1(c2ccccc2C(C)C)CN(C2CC3(COC3)C2)C1. The number of benzene rings is 2. The van der Waals surface area contributed by atoms with E-state index in [-0.39, 0.29) is 28.1 Å². The van der Waals surface area contributed by atoms with E-state index in [4.69, 9.17) is 16.3 Å². The average molecular weight is 500 g/mol. The monoisotopic (exact) mass is 499 g/mol. The third-order valence-corrected chi connectivity index (χ3v) is 8.22. The van der Waals surface area contributed by atoms with Crippen LogP contribution in [0.15, 0.2) is 36.4 Å². The number of ether oxygens (including phenoxy) is 1. The van der Waals surface area contributed by atoms with Crippen molar-refractivity contribution in [3.63, 3.8) is 0 Å². The van der Waals surface area contributed by atoms with Crippen LogP contribution >= 0.6 is 11.6 Å². The lowest BCUT2D eigenvalue weighted by Gasteiger charge is -2.62. The molecule has 0 aromatic heterocycles. The van der Waals surface area contributed by atoms with Crippen LogP contribution in [-0.2, 0) is 14.9 Å². The lowest BCUT2D eigenvalue weighted by atomic mass is 9.60. The van der Waals surface area contributed by atoms with Crippen LogP contribution in [0.2, 0.25) is 5.02 Å². The topological polar surface area (TPSA) is 70.7 Å². The molecular formula is C27H31ClFN3O3. The van der Waals surface area contributed by atoms with Crippen molar-refractivity contribution < 1.29 is 18.7 Å². The van der Waals surface area contributed by atoms with Gasteiger partial charge in [0.25, 0.3) is 5.91 Å². The fourth-order valence-corrected chi connectivity index (χ4v) is 5.98. The second kappa shape index (κ2) is 8.87. The zero-order valence-electron chi connectivity index (χ0n) is 20.3. The van der Waals surface area contributed by atoms with Gasteiger partial charge in [0, 0.05) is 31.6 Å². The Bertz CT molecular complexity index is 1170. The molecule has 0 bridgehead atoms. The van der Waals surface area contributed by atoms with E-state index in [1.165, 1.54) is 13.1 Å². The zero-order valence-corrected chi connectivity index (χ0v) is 21.0. The van der Waals surface area contributed by atoms with Crippen molar-refractivity contribution in [3.05, 3.63) is 63.9 Å². The standard InChI is InChI=1S/C27H31ClFN3O3/c1-16(2)18-6-4-5-7-20(18)27(12-32(13-27)17-10-26(11-17)14-35-15-26)25(34)31-23-9-22(29)21(28)8-19(23)24(33)30-3/h4-9,16-17H,10-15H2,1-3H3,(H,30,33)(H,31,34). The minimum Gasteiger partial charge on any atom is -0.380 e. The summed E-state index contributed by atoms with van der Waals surface area (Å²) in [5, 5.41) is 5.25. The van der Waals surface area contributed by atoms with Crippen LogP contribution in [0, 0.1) is 11.2 Å². The summed E-state index contributed by atoms with van der Waals surface area (Å²) in [7, 11) is 1.48. The molecule has 2 heterocycles. The highest BCUT2D eigenvalue weighted by molar-refractivity contribution is 6.31. The van der Waals surface area contributed by atoms with E-state index in [1.54, 1.807) is 0 Å². The van der Waals surface area contributed by atoms with E-state index in [0.717, 1.165) is 43.2 Å². The number of carbonyl (C=O) groups excluding carboxylic acids is 2. The average Bonchev–Trinajstić information content (AvgIpc) is 2.74. The zero-order chi connectivity index (χ0) is 25.0. The van der Waals surface area contributed by atoms with Crippen LogP contribution in [0.25, 0.3) is 0 Å². The van der Waals surface area contributed by atoms with Gasteiger partial charge in [-0.1, -0.05) is 49.7 Å². The molecule has 2 aromatic rings. The molecule has 2 N–H and O–H groups in total. The lowest BCUT2D eigenvalue weighted by Crippen LogP contribution is -2.71. The summed E-state index contributed by atoms with van der Waals surface area (Å²) in [5.74, 6) is -1.14. The second-order valence-electron chi connectivity index (χ2n) is 10.6. The molecule has 6 nitrogen and oxygen atoms in total. The molecule has 3 fully saturated rings. The largest absolute Gasteiger partial charge is 0.380 e. The maximum atomic E-state index is 14.4. The molecular weight excluding hydrogens is 469 g/mol. The van der Waals surface area contributed by atoms with Gasteiger partial charge < -0.3 is 15.4 Å². The molecule has 3 aliphatic rings. The maximum absolute atomic E-state index is 14.4. The third-order valence-electron chi connectivity index (χ3n) is 7.93. The Balaban J connectivity index is 1.46. The molecule has 2 saturated heterocycles. The van der Waals surface area contributed by atoms with E-state index in [1.807, 2.05) is 18.2 Å². The first-order valence-corrected chi connectivity index (χ1v) is 12.5. The van der Waals surface area contributed by atoms with Gasteiger partial charge in [0.2, 0.25) is 5.91 Å². The van der Waals surface area contributed by atoms with Crippen molar-refractivity contribution in [2.24, 2.45) is 5.41 Å². The van der Waals surface area contributed by atoms with Crippen molar-refractivity contribution in [3.8, 4) is 0 Å². The molecule has 8 heteroatoms. The van der Waals surface area contributed by atoms with E-state index >= 15 is 0 Å². The molecule has 0 radical (unpaired) electrons. The number of amides is 2. The molecule has 2 aliphatic heterocycles. The van der Waals surface area contributed by atoms with Gasteiger partial charge in [0.15, 0.2) is 0 Å². The van der Waals surface area contributed by atoms with Crippen LogP contribution in [0.1, 0.15) is 54.1 Å². The Kier molecular flexibility index (Phi) is 6.14. The molecule has 0 unspecified atom stereocenters. The van der Waals surface area contributed by atoms with Crippen LogP contribution < -0.4 is 10.6 Å². The van der Waals surface area contributed by atoms with Crippen molar-refractivity contribution in [2.45, 2.75) is 44.1 Å². The van der Waals surface area contributed by atoms with Gasteiger partial charge in [-0.05, 0) is 42.0 Å². The first-order chi connectivity index (χ1) is 16.7. The number of rotatable bonds is 6. The molecule has 1 aliphatic carbocycles. The number of hydrogen-bond donors (Lipinski definition) is 2. The Hall–Kier alpha value is -2.48. The van der Waals surface area contributed by atoms with Gasteiger partial charge in [-0.2, -0.15) is 0 Å². The highest BCUT2D eigenvalue weighted by Gasteiger charge is 2.59. The highest BCUT2D eigenvalue weighted by atomic mass is 35.5. The smallest absolute Gasteiger partial charge is 0.253 e. The Morgan fingerprint density at radius 1 is 1.17 bits per heavy atom. The summed E-state index contributed by atoms with van der Waals surface area (Å²) in [6, 6.07) is 10.9. The highest BCUT2D eigenvalue weighted by Crippen LogP contribution is 2.52. The number of carbonyl (C=O) groups is 2. The van der Waals surface area contributed by atoms with Crippen molar-refractivity contribution >= 4 is 29.1 Å². The van der Waals surface area contributed by atoms with Crippen LogP contribution in [0.4, 0.5) is 10.1 Å². The fourth-order valence-electron chi connectivity index (χ4n) is 5.82. The summed E-state index contributed by atoms with van der Waals surface area (Å²) in [5.41, 5.74) is 1.89. The van der Waals surface area contributed by atoms with Gasteiger partial charge in [0.1, 0.15) is 5.82 Å². The number of likely N-dealkylation sites (tertiary alicyclic amines) is 1. The van der Waals surface area contributed by atoms with Crippen LogP contribution in [-0.4, -0.2) is 56.1 Å². The summed E-state index contributed by atoms with van der Waals surface area (Å²) in [6.07, 6.45) is 2.19. The first-order valence-electron chi connectivity index (χ1n) is 12.1. The number of halogens is 2. The summed E-state index contributed by atoms with van der Waals surface area (Å²) < 4.78 is 19.8. The minimum atomic E-state index is -0.796. The van der Waals surface area contributed by atoms with E-state index in [9.17, 15) is 14.0 Å². The number of nitrogens with zero attached hydrogens (tertiary/aromatic N) is 1. The number of nitrogens with one attached hydrogen (secondary N) is 2. The van der Waals surface area contributed by atoms with Gasteiger partial charge >= 0.3 is 0 Å². The predicted molar refractivity (Wildman–Crippen MR) is 133 cm³/mol. The van der Waals surface area contributed by atoms with Gasteiger partial charge in [-0.25, -0.2) is 4.39 Å². The van der Waals surface area contributed by atoms with Crippen molar-refractivity contribution in [2.75, 3.05) is 38.7 Å². The molecule has 0 atom stereocenters. The Morgan fingerprint density at radius 2 is 1.86 bits per heavy atom. The van der Waals surface area contributed by atoms with Gasteiger partial charge in [0.05, 0.1) is 34.9 Å². The molecule has 1 spiro atoms. The lowest BCUT2D eigenvalue weighted by molar-refractivity contribution is -0.196. The molecule has 1 saturated carbocycles. The van der Waals surface area contributed by atoms with E-state index < -0.39 is 17.1 Å². The Morgan fingerprint density at radius 3 is 2.46 bits per heavy atom. The number of hydrogen-bond acceptors (Lipinski definition) is 4. The minimum absolute atomic E-state index is 0.116. The van der Waals surface area contributed by atoms with Gasteiger partial charge in [-0.3, -0.25) is 14.5 Å². The quantitative estimate of drug-likeness (QED) is 0.620. The summed E-state index contributed by atoms with van der Waals surface area (Å²) in [6.45, 7) is 7.06. The normalized spacial score (nSPS) is 20.6. The fraction of sp³-hybridized carbons (Fsp3) is 0.481.